The number of aromatic nitrogens is 4. The minimum Gasteiger partial charge on any atom is -0.496 e. The summed E-state index contributed by atoms with van der Waals surface area (Å²) in [6, 6.07) is 41.1. The number of aromatic amines is 2. The number of hydrogen-bond acceptors (Lipinski definition) is 11. The van der Waals surface area contributed by atoms with Crippen LogP contribution in [-0.4, -0.2) is 97.1 Å². The fourth-order valence-corrected chi connectivity index (χ4v) is 14.0. The van der Waals surface area contributed by atoms with Crippen LogP contribution in [0.5, 0.6) is 28.7 Å². The fourth-order valence-electron chi connectivity index (χ4n) is 14.0. The highest BCUT2D eigenvalue weighted by Crippen LogP contribution is 2.46. The van der Waals surface area contributed by atoms with Crippen LogP contribution >= 0.6 is 0 Å². The van der Waals surface area contributed by atoms with E-state index in [2.05, 4.69) is 254 Å². The molecule has 4 amide bonds. The third kappa shape index (κ3) is 17.2. The summed E-state index contributed by atoms with van der Waals surface area (Å²) in [5.74, 6) is -1.23. The topological polar surface area (TPSA) is 211 Å². The first-order valence-electron chi connectivity index (χ1n) is 38.1. The van der Waals surface area contributed by atoms with E-state index in [1.54, 1.807) is 23.1 Å². The van der Waals surface area contributed by atoms with Crippen molar-refractivity contribution in [3.63, 3.8) is 0 Å². The van der Waals surface area contributed by atoms with Gasteiger partial charge in [0.25, 0.3) is 11.8 Å². The molecule has 0 unspecified atom stereocenters. The van der Waals surface area contributed by atoms with Crippen molar-refractivity contribution in [3.05, 3.63) is 189 Å². The number of ether oxygens (including phenoxy) is 5. The molecule has 17 nitrogen and oxygen atoms in total. The summed E-state index contributed by atoms with van der Waals surface area (Å²) in [6.07, 6.45) is 8.06. The van der Waals surface area contributed by atoms with E-state index in [9.17, 15) is 14.4 Å². The smallest absolute Gasteiger partial charge is 0.259 e. The van der Waals surface area contributed by atoms with Crippen molar-refractivity contribution in [1.82, 2.24) is 24.8 Å². The molecule has 580 valence electrons. The van der Waals surface area contributed by atoms with Gasteiger partial charge in [-0.25, -0.2) is 9.97 Å². The SMILES string of the molecule is CCN(CC)C(=O)CC(=O)Nc1cc(C(=O)Nc2cc(NC(=O)c3cc(-c4c5nc(c(-c6cc(C(C)(C)C)cc(C(C)(C)C)c6)c6ccc([nH]6)c(-c6cc(C(C)(C)C)cc(C(C)(C)C)c6)c6nc(c(-c7cc(C(C)(C)C)cc(C(C)(C)C)c7)c7ccc4[nH]7)C=C6)C=C5)ccc3OC)c(OC)cc2OC)c(OC)cc1OC. The molecule has 0 atom stereocenters. The van der Waals surface area contributed by atoms with Crippen LogP contribution in [0.3, 0.4) is 0 Å². The summed E-state index contributed by atoms with van der Waals surface area (Å²) >= 11 is 0. The highest BCUT2D eigenvalue weighted by Gasteiger charge is 2.31. The number of nitrogens with one attached hydrogen (secondary N) is 5. The number of fused-ring (bicyclic) bond motifs is 8. The van der Waals surface area contributed by atoms with Crippen LogP contribution in [-0.2, 0) is 42.1 Å². The van der Waals surface area contributed by atoms with Gasteiger partial charge in [-0.15, -0.1) is 0 Å². The maximum atomic E-state index is 15.5. The Labute approximate surface area is 655 Å². The summed E-state index contributed by atoms with van der Waals surface area (Å²) in [4.78, 5) is 77.8. The van der Waals surface area contributed by atoms with Crippen molar-refractivity contribution in [2.75, 3.05) is 64.6 Å². The molecule has 6 aromatic carbocycles. The zero-order chi connectivity index (χ0) is 80.9. The molecular formula is C94H110N8O9. The van der Waals surface area contributed by atoms with Gasteiger partial charge in [0.2, 0.25) is 11.8 Å². The fraction of sp³-hybridized carbons (Fsp3) is 0.362. The van der Waals surface area contributed by atoms with Gasteiger partial charge in [-0.3, -0.25) is 19.2 Å². The molecule has 0 saturated carbocycles. The van der Waals surface area contributed by atoms with Crippen LogP contribution in [0.2, 0.25) is 0 Å². The molecule has 11 rings (SSSR count). The lowest BCUT2D eigenvalue weighted by Gasteiger charge is -2.26. The molecule has 5 N–H and O–H groups in total. The van der Waals surface area contributed by atoms with Crippen LogP contribution in [0.15, 0.2) is 121 Å². The van der Waals surface area contributed by atoms with Crippen molar-refractivity contribution in [2.24, 2.45) is 0 Å². The minimum absolute atomic E-state index is 0.00308. The van der Waals surface area contributed by atoms with Gasteiger partial charge in [0.15, 0.2) is 0 Å². The Kier molecular flexibility index (Phi) is 22.5. The Morgan fingerprint density at radius 1 is 0.342 bits per heavy atom. The summed E-state index contributed by atoms with van der Waals surface area (Å²) in [6.45, 7) is 45.3. The third-order valence-corrected chi connectivity index (χ3v) is 20.8. The molecule has 0 saturated heterocycles. The number of anilines is 3. The highest BCUT2D eigenvalue weighted by atomic mass is 16.5. The molecule has 2 aliphatic rings. The van der Waals surface area contributed by atoms with E-state index in [1.165, 1.54) is 87.1 Å². The second-order valence-electron chi connectivity index (χ2n) is 35.0. The first-order valence-corrected chi connectivity index (χ1v) is 38.1. The minimum atomic E-state index is -0.674. The van der Waals surface area contributed by atoms with Crippen LogP contribution in [0.1, 0.15) is 222 Å². The number of amides is 4. The van der Waals surface area contributed by atoms with Crippen molar-refractivity contribution < 1.29 is 42.9 Å². The van der Waals surface area contributed by atoms with Gasteiger partial charge in [0, 0.05) is 69.5 Å². The Balaban J connectivity index is 1.16. The van der Waals surface area contributed by atoms with Crippen LogP contribution in [0, 0.1) is 0 Å². The van der Waals surface area contributed by atoms with Gasteiger partial charge in [0.05, 0.1) is 86.5 Å². The highest BCUT2D eigenvalue weighted by molar-refractivity contribution is 6.12. The van der Waals surface area contributed by atoms with E-state index in [0.29, 0.717) is 35.4 Å². The molecule has 0 fully saturated rings. The molecule has 3 aromatic heterocycles. The number of carbonyl (C=O) groups is 4. The molecule has 8 bridgehead atoms. The lowest BCUT2D eigenvalue weighted by Crippen LogP contribution is -2.33. The second kappa shape index (κ2) is 30.9. The van der Waals surface area contributed by atoms with Crippen LogP contribution in [0.4, 0.5) is 17.1 Å². The number of carbonyl (C=O) groups excluding carboxylic acids is 4. The largest absolute Gasteiger partial charge is 0.496 e. The standard InChI is InChI=1S/C94H110N8O9/c1-26-102(27-2)82(104)52-81(103)99-73-48-64(77(108-22)50-78(73)109-23)88(106)101-75-49-74(79(110-24)51-80(75)111-25)100-87(105)63-44-53(28-37-76(63)107-21)83-65-29-31-67(95-65)84(54-38-57(89(3,4)5)45-58(39-54)90(6,7)8)69-33-35-71(97-69)86(56-42-61(93(15,16)17)47-62(43-56)94(18,19)20)72-36-34-70(98-72)85(68-32-30-66(83)96-68)55-40-59(91(9,10)11)46-60(41-55)92(12,13)14/h28-51,95,98H,26-27,52H2,1-25H3,(H,99,103)(H,100,105)(H,101,106). The molecule has 17 heteroatoms. The van der Waals surface area contributed by atoms with E-state index >= 15 is 4.79 Å². The Bertz CT molecular complexity index is 5240. The van der Waals surface area contributed by atoms with Crippen LogP contribution < -0.4 is 39.6 Å². The zero-order valence-corrected chi connectivity index (χ0v) is 69.5. The maximum absolute atomic E-state index is 15.5. The van der Waals surface area contributed by atoms with Crippen molar-refractivity contribution >= 4 is 87.1 Å². The number of H-pyrrole nitrogens is 2. The summed E-state index contributed by atoms with van der Waals surface area (Å²) < 4.78 is 29.1. The lowest BCUT2D eigenvalue weighted by atomic mass is 9.78. The van der Waals surface area contributed by atoms with E-state index in [-0.39, 0.29) is 95.3 Å². The number of rotatable bonds is 18. The molecule has 9 aromatic rings. The van der Waals surface area contributed by atoms with Gasteiger partial charge in [-0.05, 0) is 175 Å². The molecule has 0 radical (unpaired) electrons. The monoisotopic (exact) mass is 1490 g/mol. The Hall–Kier alpha value is -11.2. The van der Waals surface area contributed by atoms with Gasteiger partial charge >= 0.3 is 0 Å². The molecule has 2 aliphatic heterocycles. The summed E-state index contributed by atoms with van der Waals surface area (Å²) in [5.41, 5.74) is 19.9. The van der Waals surface area contributed by atoms with Gasteiger partial charge in [-0.2, -0.15) is 0 Å². The molecule has 111 heavy (non-hydrogen) atoms. The summed E-state index contributed by atoms with van der Waals surface area (Å²) in [7, 11) is 7.23. The van der Waals surface area contributed by atoms with Crippen LogP contribution in [0.25, 0.3) is 90.9 Å². The predicted molar refractivity (Wildman–Crippen MR) is 456 cm³/mol. The number of methoxy groups -OCH3 is 5. The average molecular weight is 1500 g/mol. The van der Waals surface area contributed by atoms with E-state index in [4.69, 9.17) is 33.7 Å². The predicted octanol–water partition coefficient (Wildman–Crippen LogP) is 21.9. The number of hydrogen-bond donors (Lipinski definition) is 5. The molecular weight excluding hydrogens is 1390 g/mol. The van der Waals surface area contributed by atoms with Gasteiger partial charge in [-0.1, -0.05) is 185 Å². The maximum Gasteiger partial charge on any atom is 0.259 e. The Morgan fingerprint density at radius 2 is 0.640 bits per heavy atom. The molecule has 0 aliphatic carbocycles. The molecule has 5 heterocycles. The van der Waals surface area contributed by atoms with Crippen molar-refractivity contribution in [1.29, 1.82) is 0 Å². The first kappa shape index (κ1) is 80.8. The normalized spacial score (nSPS) is 12.5. The number of nitrogens with zero attached hydrogens (tertiary/aromatic N) is 3. The second-order valence-corrected chi connectivity index (χ2v) is 35.0. The third-order valence-electron chi connectivity index (χ3n) is 20.8. The first-order chi connectivity index (χ1) is 52.1. The Morgan fingerprint density at radius 3 is 0.946 bits per heavy atom. The van der Waals surface area contributed by atoms with Gasteiger partial charge in [0.1, 0.15) is 35.2 Å². The van der Waals surface area contributed by atoms with Crippen molar-refractivity contribution in [2.45, 2.75) is 177 Å². The molecule has 0 spiro atoms. The average Bonchev–Trinajstić information content (AvgIpc) is 1.60. The van der Waals surface area contributed by atoms with E-state index < -0.39 is 24.1 Å². The van der Waals surface area contributed by atoms with E-state index in [1.807, 2.05) is 19.9 Å². The van der Waals surface area contributed by atoms with Crippen molar-refractivity contribution in [3.8, 4) is 73.3 Å². The quantitative estimate of drug-likeness (QED) is 0.0510. The zero-order valence-electron chi connectivity index (χ0n) is 69.5. The number of benzene rings is 6. The lowest BCUT2D eigenvalue weighted by molar-refractivity contribution is -0.134. The van der Waals surface area contributed by atoms with E-state index in [0.717, 1.165) is 67.0 Å². The van der Waals surface area contributed by atoms with Gasteiger partial charge < -0.3 is 54.5 Å². The summed E-state index contributed by atoms with van der Waals surface area (Å²) in [5, 5.41) is 8.76.